The molecular formula is C18H21N3O. The molecule has 1 unspecified atom stereocenters. The summed E-state index contributed by atoms with van der Waals surface area (Å²) in [7, 11) is 1.73. The molecule has 0 spiro atoms. The van der Waals surface area contributed by atoms with Gasteiger partial charge in [0, 0.05) is 19.6 Å². The molecule has 4 nitrogen and oxygen atoms in total. The fourth-order valence-corrected chi connectivity index (χ4v) is 2.94. The first-order valence-electron chi connectivity index (χ1n) is 7.53. The van der Waals surface area contributed by atoms with Crippen molar-refractivity contribution in [1.29, 1.82) is 5.26 Å². The van der Waals surface area contributed by atoms with Gasteiger partial charge in [-0.2, -0.15) is 5.26 Å². The van der Waals surface area contributed by atoms with Gasteiger partial charge in [0.15, 0.2) is 0 Å². The molecule has 0 saturated heterocycles. The van der Waals surface area contributed by atoms with Crippen molar-refractivity contribution in [3.05, 3.63) is 35.4 Å². The maximum absolute atomic E-state index is 12.3. The van der Waals surface area contributed by atoms with Gasteiger partial charge in [-0.3, -0.25) is 9.69 Å². The molecule has 1 amide bonds. The van der Waals surface area contributed by atoms with Gasteiger partial charge in [0.25, 0.3) is 0 Å². The van der Waals surface area contributed by atoms with E-state index >= 15 is 0 Å². The van der Waals surface area contributed by atoms with Crippen molar-refractivity contribution >= 4 is 5.91 Å². The number of nitrogens with zero attached hydrogens (tertiary/aromatic N) is 3. The zero-order valence-corrected chi connectivity index (χ0v) is 13.0. The van der Waals surface area contributed by atoms with E-state index in [1.807, 2.05) is 12.1 Å². The quantitative estimate of drug-likeness (QED) is 0.754. The highest BCUT2D eigenvalue weighted by atomic mass is 16.2. The molecule has 0 radical (unpaired) electrons. The van der Waals surface area contributed by atoms with E-state index in [2.05, 4.69) is 29.0 Å². The summed E-state index contributed by atoms with van der Waals surface area (Å²) >= 11 is 0. The minimum Gasteiger partial charge on any atom is -0.344 e. The highest BCUT2D eigenvalue weighted by Crippen LogP contribution is 2.35. The Morgan fingerprint density at radius 1 is 1.45 bits per heavy atom. The molecule has 0 N–H and O–H groups in total. The monoisotopic (exact) mass is 295 g/mol. The number of carbonyl (C=O) groups excluding carboxylic acids is 1. The molecule has 22 heavy (non-hydrogen) atoms. The SMILES string of the molecule is C#CCN(CC(=O)N(C)CCC#N)C1CCc2ccccc21. The molecule has 1 aromatic carbocycles. The van der Waals surface area contributed by atoms with Crippen LogP contribution >= 0.6 is 0 Å². The van der Waals surface area contributed by atoms with Gasteiger partial charge in [-0.1, -0.05) is 30.2 Å². The van der Waals surface area contributed by atoms with E-state index in [1.54, 1.807) is 11.9 Å². The summed E-state index contributed by atoms with van der Waals surface area (Å²) in [6, 6.07) is 10.6. The lowest BCUT2D eigenvalue weighted by molar-refractivity contribution is -0.131. The maximum Gasteiger partial charge on any atom is 0.236 e. The predicted octanol–water partition coefficient (Wildman–Crippen LogP) is 1.98. The second-order valence-corrected chi connectivity index (χ2v) is 5.59. The third-order valence-corrected chi connectivity index (χ3v) is 4.16. The predicted molar refractivity (Wildman–Crippen MR) is 85.8 cm³/mol. The summed E-state index contributed by atoms with van der Waals surface area (Å²) in [4.78, 5) is 16.0. The number of benzene rings is 1. The van der Waals surface area contributed by atoms with Crippen LogP contribution in [-0.2, 0) is 11.2 Å². The Hall–Kier alpha value is -2.30. The standard InChI is InChI=1S/C18H21N3O/c1-3-12-21(14-18(22)20(2)13-6-11-19)17-10-9-15-7-4-5-8-16(15)17/h1,4-5,7-8,17H,6,9-10,12-14H2,2H3. The van der Waals surface area contributed by atoms with Gasteiger partial charge in [0.1, 0.15) is 0 Å². The fraction of sp³-hybridized carbons (Fsp3) is 0.444. The largest absolute Gasteiger partial charge is 0.344 e. The highest BCUT2D eigenvalue weighted by molar-refractivity contribution is 5.78. The van der Waals surface area contributed by atoms with Gasteiger partial charge in [-0.15, -0.1) is 6.42 Å². The van der Waals surface area contributed by atoms with Gasteiger partial charge in [-0.25, -0.2) is 0 Å². The van der Waals surface area contributed by atoms with E-state index in [0.29, 0.717) is 26.1 Å². The van der Waals surface area contributed by atoms with E-state index in [4.69, 9.17) is 11.7 Å². The lowest BCUT2D eigenvalue weighted by atomic mass is 10.1. The summed E-state index contributed by atoms with van der Waals surface area (Å²) < 4.78 is 0. The number of aryl methyl sites for hydroxylation is 1. The number of fused-ring (bicyclic) bond motifs is 1. The Morgan fingerprint density at radius 2 is 2.23 bits per heavy atom. The van der Waals surface area contributed by atoms with Crippen LogP contribution in [0.1, 0.15) is 30.0 Å². The zero-order valence-electron chi connectivity index (χ0n) is 13.0. The molecule has 0 heterocycles. The first-order chi connectivity index (χ1) is 10.7. The first kappa shape index (κ1) is 16.1. The van der Waals surface area contributed by atoms with E-state index in [0.717, 1.165) is 12.8 Å². The smallest absolute Gasteiger partial charge is 0.236 e. The third kappa shape index (κ3) is 3.67. The van der Waals surface area contributed by atoms with Crippen molar-refractivity contribution in [3.8, 4) is 18.4 Å². The van der Waals surface area contributed by atoms with Crippen molar-refractivity contribution in [2.45, 2.75) is 25.3 Å². The fourth-order valence-electron chi connectivity index (χ4n) is 2.94. The average Bonchev–Trinajstić information content (AvgIpc) is 2.96. The number of nitriles is 1. The lowest BCUT2D eigenvalue weighted by Gasteiger charge is -2.29. The van der Waals surface area contributed by atoms with Gasteiger partial charge in [0.2, 0.25) is 5.91 Å². The zero-order chi connectivity index (χ0) is 15.9. The van der Waals surface area contributed by atoms with Gasteiger partial charge >= 0.3 is 0 Å². The van der Waals surface area contributed by atoms with Gasteiger partial charge in [-0.05, 0) is 24.0 Å². The average molecular weight is 295 g/mol. The molecule has 0 aliphatic heterocycles. The normalized spacial score (nSPS) is 15.9. The molecule has 0 aromatic heterocycles. The Bertz CT molecular complexity index is 611. The second kappa shape index (κ2) is 7.64. The molecule has 1 aliphatic rings. The Balaban J connectivity index is 2.07. The molecule has 114 valence electrons. The number of hydrogen-bond acceptors (Lipinski definition) is 3. The van der Waals surface area contributed by atoms with E-state index in [-0.39, 0.29) is 11.9 Å². The van der Waals surface area contributed by atoms with Crippen LogP contribution in [0.5, 0.6) is 0 Å². The minimum atomic E-state index is 0.00915. The van der Waals surface area contributed by atoms with Crippen LogP contribution in [0.2, 0.25) is 0 Å². The number of amides is 1. The number of terminal acetylenes is 1. The number of hydrogen-bond donors (Lipinski definition) is 0. The van der Waals surface area contributed by atoms with E-state index in [1.165, 1.54) is 11.1 Å². The molecule has 1 atom stereocenters. The molecule has 2 rings (SSSR count). The number of carbonyl (C=O) groups is 1. The molecule has 1 aliphatic carbocycles. The minimum absolute atomic E-state index is 0.00915. The second-order valence-electron chi connectivity index (χ2n) is 5.59. The topological polar surface area (TPSA) is 47.3 Å². The van der Waals surface area contributed by atoms with Gasteiger partial charge < -0.3 is 4.90 Å². The summed E-state index contributed by atoms with van der Waals surface area (Å²) in [5.41, 5.74) is 2.63. The van der Waals surface area contributed by atoms with Crippen LogP contribution in [0, 0.1) is 23.7 Å². The summed E-state index contributed by atoms with van der Waals surface area (Å²) in [6.07, 6.45) is 7.86. The molecule has 0 saturated carbocycles. The molecule has 1 aromatic rings. The van der Waals surface area contributed by atoms with Crippen LogP contribution in [-0.4, -0.2) is 42.4 Å². The van der Waals surface area contributed by atoms with Crippen LogP contribution in [0.25, 0.3) is 0 Å². The van der Waals surface area contributed by atoms with Crippen molar-refractivity contribution in [3.63, 3.8) is 0 Å². The first-order valence-corrected chi connectivity index (χ1v) is 7.53. The van der Waals surface area contributed by atoms with Crippen molar-refractivity contribution in [2.24, 2.45) is 0 Å². The molecule has 0 fully saturated rings. The number of likely N-dealkylation sites (N-methyl/N-ethyl adjacent to an activating group) is 1. The number of rotatable bonds is 6. The van der Waals surface area contributed by atoms with Crippen LogP contribution < -0.4 is 0 Å². The highest BCUT2D eigenvalue weighted by Gasteiger charge is 2.28. The van der Waals surface area contributed by atoms with Gasteiger partial charge in [0.05, 0.1) is 25.6 Å². The van der Waals surface area contributed by atoms with Crippen molar-refractivity contribution in [2.75, 3.05) is 26.7 Å². The van der Waals surface area contributed by atoms with Crippen molar-refractivity contribution < 1.29 is 4.79 Å². The van der Waals surface area contributed by atoms with E-state index < -0.39 is 0 Å². The Kier molecular flexibility index (Phi) is 5.58. The molecule has 0 bridgehead atoms. The summed E-state index contributed by atoms with van der Waals surface area (Å²) in [6.45, 7) is 1.21. The molecular weight excluding hydrogens is 274 g/mol. The summed E-state index contributed by atoms with van der Waals surface area (Å²) in [5, 5.41) is 8.62. The lowest BCUT2D eigenvalue weighted by Crippen LogP contribution is -2.40. The Labute approximate surface area is 132 Å². The van der Waals surface area contributed by atoms with Crippen LogP contribution in [0.15, 0.2) is 24.3 Å². The summed E-state index contributed by atoms with van der Waals surface area (Å²) in [5.74, 6) is 2.67. The van der Waals surface area contributed by atoms with Crippen molar-refractivity contribution in [1.82, 2.24) is 9.80 Å². The van der Waals surface area contributed by atoms with Crippen LogP contribution in [0.4, 0.5) is 0 Å². The molecule has 4 heteroatoms. The maximum atomic E-state index is 12.3. The Morgan fingerprint density at radius 3 is 2.95 bits per heavy atom. The third-order valence-electron chi connectivity index (χ3n) is 4.16. The van der Waals surface area contributed by atoms with E-state index in [9.17, 15) is 4.79 Å². The van der Waals surface area contributed by atoms with Crippen LogP contribution in [0.3, 0.4) is 0 Å².